The molecule has 1 saturated carbocycles. The van der Waals surface area contributed by atoms with Crippen molar-refractivity contribution < 1.29 is 5.11 Å². The monoisotopic (exact) mass is 213 g/mol. The maximum Gasteiger partial charge on any atom is 0.222 e. The van der Waals surface area contributed by atoms with Gasteiger partial charge in [-0.3, -0.25) is 0 Å². The van der Waals surface area contributed by atoms with Crippen LogP contribution in [0.1, 0.15) is 19.3 Å². The van der Waals surface area contributed by atoms with Crippen molar-refractivity contribution in [1.29, 1.82) is 0 Å². The lowest BCUT2D eigenvalue weighted by Gasteiger charge is -2.36. The molecule has 1 aliphatic carbocycles. The van der Waals surface area contributed by atoms with Gasteiger partial charge in [0.2, 0.25) is 5.95 Å². The summed E-state index contributed by atoms with van der Waals surface area (Å²) in [7, 11) is 0. The quantitative estimate of drug-likeness (QED) is 0.798. The van der Waals surface area contributed by atoms with E-state index in [0.29, 0.717) is 17.5 Å². The molecule has 0 radical (unpaired) electrons. The van der Waals surface area contributed by atoms with Gasteiger partial charge in [0, 0.05) is 6.54 Å². The minimum absolute atomic E-state index is 0.509. The van der Waals surface area contributed by atoms with Gasteiger partial charge in [-0.15, -0.1) is 0 Å². The normalized spacial score (nSPS) is 18.7. The zero-order chi connectivity index (χ0) is 10.0. The molecule has 0 aromatic carbocycles. The second kappa shape index (κ2) is 3.71. The summed E-state index contributed by atoms with van der Waals surface area (Å²) in [5, 5.41) is 13.3. The second-order valence-corrected chi connectivity index (χ2v) is 4.09. The first-order valence-electron chi connectivity index (χ1n) is 4.62. The fourth-order valence-electron chi connectivity index (χ4n) is 1.41. The van der Waals surface area contributed by atoms with Crippen molar-refractivity contribution >= 4 is 17.5 Å². The van der Waals surface area contributed by atoms with Gasteiger partial charge in [0.1, 0.15) is 0 Å². The topological polar surface area (TPSA) is 58.0 Å². The van der Waals surface area contributed by atoms with Crippen molar-refractivity contribution in [3.05, 3.63) is 17.4 Å². The maximum atomic E-state index is 9.78. The average molecular weight is 214 g/mol. The lowest BCUT2D eigenvalue weighted by atomic mass is 9.80. The third kappa shape index (κ3) is 2.13. The summed E-state index contributed by atoms with van der Waals surface area (Å²) in [6, 6.07) is 0. The highest BCUT2D eigenvalue weighted by molar-refractivity contribution is 6.30. The van der Waals surface area contributed by atoms with Gasteiger partial charge in [0.25, 0.3) is 0 Å². The number of rotatable bonds is 3. The highest BCUT2D eigenvalue weighted by atomic mass is 35.5. The molecule has 0 aliphatic heterocycles. The van der Waals surface area contributed by atoms with Crippen molar-refractivity contribution in [2.75, 3.05) is 11.9 Å². The van der Waals surface area contributed by atoms with E-state index in [-0.39, 0.29) is 0 Å². The molecule has 1 fully saturated rings. The first kappa shape index (κ1) is 9.68. The molecule has 5 heteroatoms. The first-order valence-corrected chi connectivity index (χ1v) is 5.00. The van der Waals surface area contributed by atoms with Crippen LogP contribution in [-0.2, 0) is 0 Å². The van der Waals surface area contributed by atoms with Gasteiger partial charge in [-0.05, 0) is 19.3 Å². The largest absolute Gasteiger partial charge is 0.388 e. The molecule has 1 heterocycles. The predicted octanol–water partition coefficient (Wildman–Crippen LogP) is 1.46. The molecule has 1 aliphatic rings. The Bertz CT molecular complexity index is 310. The minimum atomic E-state index is -0.553. The van der Waals surface area contributed by atoms with Crippen LogP contribution >= 0.6 is 11.6 Å². The smallest absolute Gasteiger partial charge is 0.222 e. The van der Waals surface area contributed by atoms with Gasteiger partial charge >= 0.3 is 0 Å². The summed E-state index contributed by atoms with van der Waals surface area (Å²) in [4.78, 5) is 7.95. The molecule has 0 unspecified atom stereocenters. The maximum absolute atomic E-state index is 9.78. The van der Waals surface area contributed by atoms with Crippen LogP contribution in [0.2, 0.25) is 5.02 Å². The first-order chi connectivity index (χ1) is 6.68. The Morgan fingerprint density at radius 2 is 2.07 bits per heavy atom. The predicted molar refractivity (Wildman–Crippen MR) is 54.3 cm³/mol. The highest BCUT2D eigenvalue weighted by Crippen LogP contribution is 2.31. The molecular formula is C9H12ClN3O. The summed E-state index contributed by atoms with van der Waals surface area (Å²) in [6.07, 6.45) is 5.87. The fourth-order valence-corrected chi connectivity index (χ4v) is 1.51. The van der Waals surface area contributed by atoms with Gasteiger partial charge in [0.15, 0.2) is 0 Å². The standard InChI is InChI=1S/C9H12ClN3O/c10-7-4-11-8(12-5-7)13-6-9(14)2-1-3-9/h4-5,14H,1-3,6H2,(H,11,12,13). The Kier molecular flexibility index (Phi) is 2.56. The number of hydrogen-bond donors (Lipinski definition) is 2. The van der Waals surface area contributed by atoms with Crippen LogP contribution in [-0.4, -0.2) is 27.2 Å². The Balaban J connectivity index is 1.88. The third-order valence-electron chi connectivity index (χ3n) is 2.48. The van der Waals surface area contributed by atoms with E-state index in [1.165, 1.54) is 12.4 Å². The zero-order valence-corrected chi connectivity index (χ0v) is 8.46. The van der Waals surface area contributed by atoms with E-state index in [2.05, 4.69) is 15.3 Å². The summed E-state index contributed by atoms with van der Waals surface area (Å²) in [5.41, 5.74) is -0.553. The average Bonchev–Trinajstić information content (AvgIpc) is 2.14. The molecular weight excluding hydrogens is 202 g/mol. The molecule has 0 spiro atoms. The third-order valence-corrected chi connectivity index (χ3v) is 2.68. The lowest BCUT2D eigenvalue weighted by Crippen LogP contribution is -2.43. The van der Waals surface area contributed by atoms with Gasteiger partial charge in [0.05, 0.1) is 23.0 Å². The Morgan fingerprint density at radius 1 is 1.43 bits per heavy atom. The van der Waals surface area contributed by atoms with Crippen molar-refractivity contribution in [1.82, 2.24) is 9.97 Å². The number of hydrogen-bond acceptors (Lipinski definition) is 4. The number of halogens is 1. The number of nitrogens with zero attached hydrogens (tertiary/aromatic N) is 2. The van der Waals surface area contributed by atoms with Crippen molar-refractivity contribution in [3.63, 3.8) is 0 Å². The summed E-state index contributed by atoms with van der Waals surface area (Å²) in [5.74, 6) is 0.509. The van der Waals surface area contributed by atoms with Crippen LogP contribution in [0.5, 0.6) is 0 Å². The van der Waals surface area contributed by atoms with Crippen molar-refractivity contribution in [3.8, 4) is 0 Å². The molecule has 14 heavy (non-hydrogen) atoms. The molecule has 4 nitrogen and oxygen atoms in total. The molecule has 2 rings (SSSR count). The van der Waals surface area contributed by atoms with Crippen LogP contribution < -0.4 is 5.32 Å². The van der Waals surface area contributed by atoms with Crippen LogP contribution in [0.3, 0.4) is 0 Å². The fraction of sp³-hybridized carbons (Fsp3) is 0.556. The molecule has 76 valence electrons. The van der Waals surface area contributed by atoms with Crippen LogP contribution in [0.15, 0.2) is 12.4 Å². The van der Waals surface area contributed by atoms with E-state index in [1.54, 1.807) is 0 Å². The SMILES string of the molecule is OC1(CNc2ncc(Cl)cn2)CCC1. The highest BCUT2D eigenvalue weighted by Gasteiger charge is 2.34. The second-order valence-electron chi connectivity index (χ2n) is 3.66. The number of aromatic nitrogens is 2. The van der Waals surface area contributed by atoms with E-state index < -0.39 is 5.60 Å². The van der Waals surface area contributed by atoms with E-state index in [0.717, 1.165) is 19.3 Å². The van der Waals surface area contributed by atoms with Gasteiger partial charge in [-0.1, -0.05) is 11.6 Å². The number of aliphatic hydroxyl groups is 1. The molecule has 1 aromatic rings. The number of nitrogens with one attached hydrogen (secondary N) is 1. The number of anilines is 1. The van der Waals surface area contributed by atoms with Gasteiger partial charge in [-0.2, -0.15) is 0 Å². The van der Waals surface area contributed by atoms with Crippen LogP contribution in [0.25, 0.3) is 0 Å². The molecule has 0 amide bonds. The summed E-state index contributed by atoms with van der Waals surface area (Å²) < 4.78 is 0. The molecule has 0 bridgehead atoms. The summed E-state index contributed by atoms with van der Waals surface area (Å²) in [6.45, 7) is 0.509. The van der Waals surface area contributed by atoms with E-state index in [9.17, 15) is 5.11 Å². The minimum Gasteiger partial charge on any atom is -0.388 e. The lowest BCUT2D eigenvalue weighted by molar-refractivity contribution is -0.0203. The van der Waals surface area contributed by atoms with Gasteiger partial charge in [-0.25, -0.2) is 9.97 Å². The van der Waals surface area contributed by atoms with Crippen LogP contribution in [0.4, 0.5) is 5.95 Å². The van der Waals surface area contributed by atoms with Crippen LogP contribution in [0, 0.1) is 0 Å². The van der Waals surface area contributed by atoms with E-state index in [1.807, 2.05) is 0 Å². The molecule has 2 N–H and O–H groups in total. The van der Waals surface area contributed by atoms with E-state index >= 15 is 0 Å². The zero-order valence-electron chi connectivity index (χ0n) is 7.70. The van der Waals surface area contributed by atoms with Crippen molar-refractivity contribution in [2.45, 2.75) is 24.9 Å². The Hall–Kier alpha value is -0.870. The Labute approximate surface area is 87.3 Å². The summed E-state index contributed by atoms with van der Waals surface area (Å²) >= 11 is 5.64. The van der Waals surface area contributed by atoms with Gasteiger partial charge < -0.3 is 10.4 Å². The van der Waals surface area contributed by atoms with E-state index in [4.69, 9.17) is 11.6 Å². The molecule has 1 aromatic heterocycles. The Morgan fingerprint density at radius 3 is 2.57 bits per heavy atom. The van der Waals surface area contributed by atoms with Crippen molar-refractivity contribution in [2.24, 2.45) is 0 Å². The molecule has 0 saturated heterocycles. The molecule has 0 atom stereocenters.